The average molecular weight is 326 g/mol. The predicted octanol–water partition coefficient (Wildman–Crippen LogP) is 3.87. The largest absolute Gasteiger partial charge is 0.484 e. The highest BCUT2D eigenvalue weighted by atomic mass is 35.5. The second-order valence-corrected chi connectivity index (χ2v) is 5.14. The molecule has 1 amide bonds. The van der Waals surface area contributed by atoms with Crippen LogP contribution in [0.5, 0.6) is 5.75 Å². The summed E-state index contributed by atoms with van der Waals surface area (Å²) < 4.78 is 31.3. The maximum atomic E-state index is 13.2. The third-order valence-electron chi connectivity index (χ3n) is 3.00. The highest BCUT2D eigenvalue weighted by molar-refractivity contribution is 6.30. The molecule has 0 aromatic heterocycles. The molecule has 1 N–H and O–H groups in total. The highest BCUT2D eigenvalue weighted by Crippen LogP contribution is 2.17. The fraction of sp³-hybridized carbons (Fsp3) is 0.188. The monoisotopic (exact) mass is 325 g/mol. The van der Waals surface area contributed by atoms with Crippen molar-refractivity contribution in [3.63, 3.8) is 0 Å². The molecule has 2 aromatic rings. The van der Waals surface area contributed by atoms with Crippen LogP contribution in [0.25, 0.3) is 0 Å². The zero-order chi connectivity index (χ0) is 16.1. The van der Waals surface area contributed by atoms with Gasteiger partial charge in [0.25, 0.3) is 5.91 Å². The van der Waals surface area contributed by atoms with E-state index in [0.29, 0.717) is 16.3 Å². The molecule has 2 rings (SSSR count). The molecule has 0 saturated heterocycles. The van der Waals surface area contributed by atoms with E-state index in [1.807, 2.05) is 0 Å². The molecule has 1 unspecified atom stereocenters. The molecule has 0 saturated carbocycles. The maximum absolute atomic E-state index is 13.2. The number of hydrogen-bond acceptors (Lipinski definition) is 2. The summed E-state index contributed by atoms with van der Waals surface area (Å²) in [5, 5.41) is 3.22. The summed E-state index contributed by atoms with van der Waals surface area (Å²) in [6, 6.07) is 9.64. The van der Waals surface area contributed by atoms with Crippen molar-refractivity contribution in [2.24, 2.45) is 0 Å². The fourth-order valence-electron chi connectivity index (χ4n) is 1.83. The van der Waals surface area contributed by atoms with Crippen LogP contribution in [-0.4, -0.2) is 12.5 Å². The Balaban J connectivity index is 1.88. The van der Waals surface area contributed by atoms with Crippen LogP contribution in [0.15, 0.2) is 42.5 Å². The molecule has 0 aliphatic carbocycles. The third kappa shape index (κ3) is 4.43. The topological polar surface area (TPSA) is 38.3 Å². The van der Waals surface area contributed by atoms with E-state index >= 15 is 0 Å². The lowest BCUT2D eigenvalue weighted by Gasteiger charge is -2.15. The van der Waals surface area contributed by atoms with Gasteiger partial charge in [0.1, 0.15) is 5.75 Å². The van der Waals surface area contributed by atoms with E-state index in [0.717, 1.165) is 12.1 Å². The van der Waals surface area contributed by atoms with Crippen molar-refractivity contribution < 1.29 is 18.3 Å². The van der Waals surface area contributed by atoms with E-state index < -0.39 is 17.7 Å². The summed E-state index contributed by atoms with van der Waals surface area (Å²) in [6.07, 6.45) is 0. The number of carbonyl (C=O) groups is 1. The molecule has 2 aromatic carbocycles. The molecule has 22 heavy (non-hydrogen) atoms. The van der Waals surface area contributed by atoms with Gasteiger partial charge in [-0.05, 0) is 48.9 Å². The summed E-state index contributed by atoms with van der Waals surface area (Å²) in [5.41, 5.74) is 0.471. The number of halogens is 3. The summed E-state index contributed by atoms with van der Waals surface area (Å²) >= 11 is 5.74. The molecule has 1 atom stereocenters. The van der Waals surface area contributed by atoms with Gasteiger partial charge in [0.05, 0.1) is 6.04 Å². The molecule has 0 radical (unpaired) electrons. The van der Waals surface area contributed by atoms with Crippen LogP contribution in [0.4, 0.5) is 8.78 Å². The van der Waals surface area contributed by atoms with Crippen molar-refractivity contribution in [3.05, 3.63) is 64.7 Å². The van der Waals surface area contributed by atoms with Crippen LogP contribution >= 0.6 is 11.6 Å². The van der Waals surface area contributed by atoms with Crippen molar-refractivity contribution in [1.29, 1.82) is 0 Å². The van der Waals surface area contributed by atoms with Crippen molar-refractivity contribution in [1.82, 2.24) is 5.32 Å². The first-order chi connectivity index (χ1) is 10.5. The SMILES string of the molecule is CC(NC(=O)COc1ccc(Cl)cc1)c1ccc(F)c(F)c1. The number of hydrogen-bond donors (Lipinski definition) is 1. The van der Waals surface area contributed by atoms with E-state index in [2.05, 4.69) is 5.32 Å². The quantitative estimate of drug-likeness (QED) is 0.906. The van der Waals surface area contributed by atoms with Crippen LogP contribution in [0.3, 0.4) is 0 Å². The first kappa shape index (κ1) is 16.2. The second kappa shape index (κ2) is 7.22. The third-order valence-corrected chi connectivity index (χ3v) is 3.26. The average Bonchev–Trinajstić information content (AvgIpc) is 2.49. The fourth-order valence-corrected chi connectivity index (χ4v) is 1.95. The van der Waals surface area contributed by atoms with E-state index in [9.17, 15) is 13.6 Å². The van der Waals surface area contributed by atoms with Crippen LogP contribution in [-0.2, 0) is 4.79 Å². The molecule has 0 aliphatic heterocycles. The number of benzene rings is 2. The van der Waals surface area contributed by atoms with Crippen LogP contribution in [0.2, 0.25) is 5.02 Å². The van der Waals surface area contributed by atoms with Gasteiger partial charge in [0.15, 0.2) is 18.2 Å². The summed E-state index contributed by atoms with van der Waals surface area (Å²) in [7, 11) is 0. The number of nitrogens with one attached hydrogen (secondary N) is 1. The predicted molar refractivity (Wildman–Crippen MR) is 79.9 cm³/mol. The van der Waals surface area contributed by atoms with E-state index in [4.69, 9.17) is 16.3 Å². The lowest BCUT2D eigenvalue weighted by Crippen LogP contribution is -2.31. The Morgan fingerprint density at radius 1 is 1.18 bits per heavy atom. The number of amides is 1. The molecular formula is C16H14ClF2NO2. The minimum atomic E-state index is -0.948. The minimum Gasteiger partial charge on any atom is -0.484 e. The van der Waals surface area contributed by atoms with Gasteiger partial charge in [-0.25, -0.2) is 8.78 Å². The molecule has 0 bridgehead atoms. The van der Waals surface area contributed by atoms with Crippen LogP contribution in [0, 0.1) is 11.6 Å². The minimum absolute atomic E-state index is 0.185. The van der Waals surface area contributed by atoms with Gasteiger partial charge in [-0.3, -0.25) is 4.79 Å². The number of rotatable bonds is 5. The zero-order valence-corrected chi connectivity index (χ0v) is 12.5. The van der Waals surface area contributed by atoms with Crippen molar-refractivity contribution >= 4 is 17.5 Å². The Bertz CT molecular complexity index is 662. The molecule has 0 aliphatic rings. The Labute approximate surface area is 131 Å². The standard InChI is InChI=1S/C16H14ClF2NO2/c1-10(11-2-7-14(18)15(19)8-11)20-16(21)9-22-13-5-3-12(17)4-6-13/h2-8,10H,9H2,1H3,(H,20,21). The van der Waals surface area contributed by atoms with Gasteiger partial charge in [-0.2, -0.15) is 0 Å². The molecule has 3 nitrogen and oxygen atoms in total. The summed E-state index contributed by atoms with van der Waals surface area (Å²) in [4.78, 5) is 11.8. The van der Waals surface area contributed by atoms with Gasteiger partial charge in [0, 0.05) is 5.02 Å². The normalized spacial score (nSPS) is 11.8. The van der Waals surface area contributed by atoms with Gasteiger partial charge in [-0.1, -0.05) is 17.7 Å². The first-order valence-electron chi connectivity index (χ1n) is 6.58. The Hall–Kier alpha value is -2.14. The Morgan fingerprint density at radius 3 is 2.50 bits per heavy atom. The van der Waals surface area contributed by atoms with Crippen LogP contribution < -0.4 is 10.1 Å². The molecule has 0 fully saturated rings. The zero-order valence-electron chi connectivity index (χ0n) is 11.8. The molecular weight excluding hydrogens is 312 g/mol. The van der Waals surface area contributed by atoms with Crippen LogP contribution in [0.1, 0.15) is 18.5 Å². The molecule has 116 valence electrons. The van der Waals surface area contributed by atoms with Gasteiger partial charge in [0.2, 0.25) is 0 Å². The summed E-state index contributed by atoms with van der Waals surface area (Å²) in [6.45, 7) is 1.49. The first-order valence-corrected chi connectivity index (χ1v) is 6.96. The van der Waals surface area contributed by atoms with Crippen molar-refractivity contribution in [3.8, 4) is 5.75 Å². The lowest BCUT2D eigenvalue weighted by atomic mass is 10.1. The highest BCUT2D eigenvalue weighted by Gasteiger charge is 2.12. The summed E-state index contributed by atoms with van der Waals surface area (Å²) in [5.74, 6) is -1.73. The molecule has 6 heteroatoms. The number of ether oxygens (including phenoxy) is 1. The second-order valence-electron chi connectivity index (χ2n) is 4.71. The van der Waals surface area contributed by atoms with E-state index in [1.165, 1.54) is 6.07 Å². The Kier molecular flexibility index (Phi) is 5.33. The van der Waals surface area contributed by atoms with Gasteiger partial charge >= 0.3 is 0 Å². The van der Waals surface area contributed by atoms with E-state index in [-0.39, 0.29) is 12.5 Å². The van der Waals surface area contributed by atoms with Crippen molar-refractivity contribution in [2.45, 2.75) is 13.0 Å². The van der Waals surface area contributed by atoms with Crippen molar-refractivity contribution in [2.75, 3.05) is 6.61 Å². The Morgan fingerprint density at radius 2 is 1.86 bits per heavy atom. The molecule has 0 spiro atoms. The smallest absolute Gasteiger partial charge is 0.258 e. The lowest BCUT2D eigenvalue weighted by molar-refractivity contribution is -0.123. The maximum Gasteiger partial charge on any atom is 0.258 e. The van der Waals surface area contributed by atoms with E-state index in [1.54, 1.807) is 31.2 Å². The molecule has 0 heterocycles. The van der Waals surface area contributed by atoms with Gasteiger partial charge < -0.3 is 10.1 Å². The number of carbonyl (C=O) groups excluding carboxylic acids is 1. The van der Waals surface area contributed by atoms with Gasteiger partial charge in [-0.15, -0.1) is 0 Å².